The van der Waals surface area contributed by atoms with Gasteiger partial charge in [0.25, 0.3) is 0 Å². The molecule has 0 radical (unpaired) electrons. The van der Waals surface area contributed by atoms with E-state index >= 15 is 0 Å². The van der Waals surface area contributed by atoms with Gasteiger partial charge in [0.2, 0.25) is 5.91 Å². The van der Waals surface area contributed by atoms with Gasteiger partial charge in [-0.05, 0) is 34.5 Å². The highest BCUT2D eigenvalue weighted by Crippen LogP contribution is 2.14. The molecule has 7 nitrogen and oxygen atoms in total. The molecule has 2 rings (SSSR count). The number of aromatic nitrogens is 4. The molecule has 0 aliphatic heterocycles. The maximum Gasteiger partial charge on any atom is 0.224 e. The van der Waals surface area contributed by atoms with Crippen LogP contribution in [-0.2, 0) is 17.9 Å². The van der Waals surface area contributed by atoms with Crippen molar-refractivity contribution in [2.45, 2.75) is 39.3 Å². The van der Waals surface area contributed by atoms with Crippen LogP contribution in [0.25, 0.3) is 0 Å². The summed E-state index contributed by atoms with van der Waals surface area (Å²) >= 11 is 0. The van der Waals surface area contributed by atoms with Crippen LogP contribution in [0.3, 0.4) is 0 Å². The first kappa shape index (κ1) is 16.9. The molecular weight excluding hydrogens is 294 g/mol. The molecule has 0 saturated heterocycles. The van der Waals surface area contributed by atoms with E-state index in [1.165, 1.54) is 6.33 Å². The number of carbonyl (C=O) groups excluding carboxylic acids is 1. The minimum Gasteiger partial charge on any atom is -0.497 e. The molecule has 1 amide bonds. The zero-order valence-electron chi connectivity index (χ0n) is 13.7. The smallest absolute Gasteiger partial charge is 0.224 e. The average Bonchev–Trinajstić information content (AvgIpc) is 3.10. The Morgan fingerprint density at radius 1 is 1.30 bits per heavy atom. The first-order valence-electron chi connectivity index (χ1n) is 7.84. The zero-order chi connectivity index (χ0) is 16.5. The topological polar surface area (TPSA) is 73.1 Å². The number of rotatable bonds is 9. The number of hydrogen-bond donors (Lipinski definition) is 0. The average molecular weight is 317 g/mol. The van der Waals surface area contributed by atoms with Crippen LogP contribution in [0.4, 0.5) is 0 Å². The molecule has 1 aromatic heterocycles. The number of benzene rings is 1. The number of ether oxygens (including phenoxy) is 1. The maximum atomic E-state index is 12.5. The number of methoxy groups -OCH3 is 1. The summed E-state index contributed by atoms with van der Waals surface area (Å²) in [5.41, 5.74) is 1.10. The van der Waals surface area contributed by atoms with Crippen LogP contribution >= 0.6 is 0 Å². The molecule has 1 aromatic carbocycles. The van der Waals surface area contributed by atoms with Crippen molar-refractivity contribution in [3.05, 3.63) is 36.2 Å². The lowest BCUT2D eigenvalue weighted by Gasteiger charge is -2.23. The second kappa shape index (κ2) is 8.87. The molecule has 0 spiro atoms. The van der Waals surface area contributed by atoms with Gasteiger partial charge < -0.3 is 9.64 Å². The summed E-state index contributed by atoms with van der Waals surface area (Å²) in [5.74, 6) is 0.934. The summed E-state index contributed by atoms with van der Waals surface area (Å²) in [6.45, 7) is 3.99. The van der Waals surface area contributed by atoms with Crippen molar-refractivity contribution >= 4 is 5.91 Å². The SMILES string of the molecule is CCCCN(Cc1ccc(OC)cc1)C(=O)CCn1cnnn1. The summed E-state index contributed by atoms with van der Waals surface area (Å²) in [5, 5.41) is 10.9. The fourth-order valence-corrected chi connectivity index (χ4v) is 2.24. The predicted octanol–water partition coefficient (Wildman–Crippen LogP) is 1.90. The molecule has 0 saturated carbocycles. The number of aryl methyl sites for hydroxylation is 1. The molecular formula is C16H23N5O2. The second-order valence-corrected chi connectivity index (χ2v) is 5.34. The van der Waals surface area contributed by atoms with Gasteiger partial charge in [-0.2, -0.15) is 0 Å². The Hall–Kier alpha value is -2.44. The second-order valence-electron chi connectivity index (χ2n) is 5.34. The van der Waals surface area contributed by atoms with E-state index in [-0.39, 0.29) is 5.91 Å². The lowest BCUT2D eigenvalue weighted by Crippen LogP contribution is -2.32. The lowest BCUT2D eigenvalue weighted by molar-refractivity contribution is -0.132. The molecule has 0 unspecified atom stereocenters. The zero-order valence-corrected chi connectivity index (χ0v) is 13.7. The van der Waals surface area contributed by atoms with Crippen LogP contribution in [0.15, 0.2) is 30.6 Å². The highest BCUT2D eigenvalue weighted by Gasteiger charge is 2.14. The molecule has 1 heterocycles. The fraction of sp³-hybridized carbons (Fsp3) is 0.500. The van der Waals surface area contributed by atoms with E-state index in [2.05, 4.69) is 22.4 Å². The van der Waals surface area contributed by atoms with Gasteiger partial charge in [0.05, 0.1) is 13.7 Å². The van der Waals surface area contributed by atoms with Crippen LogP contribution in [-0.4, -0.2) is 44.7 Å². The molecule has 0 fully saturated rings. The van der Waals surface area contributed by atoms with Gasteiger partial charge in [0.15, 0.2) is 0 Å². The largest absolute Gasteiger partial charge is 0.497 e. The van der Waals surface area contributed by atoms with Crippen molar-refractivity contribution in [2.24, 2.45) is 0 Å². The summed E-state index contributed by atoms with van der Waals surface area (Å²) < 4.78 is 6.74. The molecule has 0 aliphatic carbocycles. The van der Waals surface area contributed by atoms with Crippen molar-refractivity contribution in [3.63, 3.8) is 0 Å². The van der Waals surface area contributed by atoms with Gasteiger partial charge in [-0.15, -0.1) is 5.10 Å². The molecule has 0 atom stereocenters. The van der Waals surface area contributed by atoms with Gasteiger partial charge in [0.1, 0.15) is 12.1 Å². The van der Waals surface area contributed by atoms with Crippen LogP contribution < -0.4 is 4.74 Å². The van der Waals surface area contributed by atoms with Crippen molar-refractivity contribution in [1.29, 1.82) is 0 Å². The molecule has 7 heteroatoms. The summed E-state index contributed by atoms with van der Waals surface area (Å²) in [6.07, 6.45) is 3.96. The maximum absolute atomic E-state index is 12.5. The predicted molar refractivity (Wildman–Crippen MR) is 85.8 cm³/mol. The van der Waals surface area contributed by atoms with Crippen molar-refractivity contribution in [1.82, 2.24) is 25.1 Å². The van der Waals surface area contributed by atoms with E-state index in [0.29, 0.717) is 19.5 Å². The molecule has 0 N–H and O–H groups in total. The summed E-state index contributed by atoms with van der Waals surface area (Å²) in [7, 11) is 1.64. The van der Waals surface area contributed by atoms with Crippen LogP contribution in [0, 0.1) is 0 Å². The van der Waals surface area contributed by atoms with E-state index in [1.807, 2.05) is 29.2 Å². The van der Waals surface area contributed by atoms with Crippen molar-refractivity contribution < 1.29 is 9.53 Å². The van der Waals surface area contributed by atoms with Crippen molar-refractivity contribution in [3.8, 4) is 5.75 Å². The molecule has 0 bridgehead atoms. The normalized spacial score (nSPS) is 10.5. The number of unbranched alkanes of at least 4 members (excludes halogenated alkanes) is 1. The molecule has 0 aliphatic rings. The Kier molecular flexibility index (Phi) is 6.53. The minimum atomic E-state index is 0.116. The van der Waals surface area contributed by atoms with E-state index in [4.69, 9.17) is 4.74 Å². The molecule has 2 aromatic rings. The quantitative estimate of drug-likeness (QED) is 0.706. The number of hydrogen-bond acceptors (Lipinski definition) is 5. The molecule has 124 valence electrons. The number of tetrazole rings is 1. The lowest BCUT2D eigenvalue weighted by atomic mass is 10.2. The third kappa shape index (κ3) is 5.36. The van der Waals surface area contributed by atoms with E-state index in [9.17, 15) is 4.79 Å². The summed E-state index contributed by atoms with van der Waals surface area (Å²) in [4.78, 5) is 14.4. The third-order valence-electron chi connectivity index (χ3n) is 3.61. The number of carbonyl (C=O) groups is 1. The number of nitrogens with zero attached hydrogens (tertiary/aromatic N) is 5. The first-order chi connectivity index (χ1) is 11.2. The Balaban J connectivity index is 1.95. The Morgan fingerprint density at radius 2 is 2.09 bits per heavy atom. The Bertz CT molecular complexity index is 583. The van der Waals surface area contributed by atoms with Crippen LogP contribution in [0.2, 0.25) is 0 Å². The van der Waals surface area contributed by atoms with E-state index < -0.39 is 0 Å². The van der Waals surface area contributed by atoms with E-state index in [0.717, 1.165) is 30.7 Å². The van der Waals surface area contributed by atoms with Crippen LogP contribution in [0.5, 0.6) is 5.75 Å². The van der Waals surface area contributed by atoms with Gasteiger partial charge in [-0.25, -0.2) is 4.68 Å². The standard InChI is InChI=1S/C16H23N5O2/c1-3-4-10-20(12-14-5-7-15(23-2)8-6-14)16(22)9-11-21-13-17-18-19-21/h5-8,13H,3-4,9-12H2,1-2H3. The molecule has 23 heavy (non-hydrogen) atoms. The third-order valence-corrected chi connectivity index (χ3v) is 3.61. The first-order valence-corrected chi connectivity index (χ1v) is 7.84. The van der Waals surface area contributed by atoms with E-state index in [1.54, 1.807) is 11.8 Å². The Morgan fingerprint density at radius 3 is 2.70 bits per heavy atom. The van der Waals surface area contributed by atoms with Gasteiger partial charge in [-0.3, -0.25) is 4.79 Å². The van der Waals surface area contributed by atoms with Gasteiger partial charge >= 0.3 is 0 Å². The van der Waals surface area contributed by atoms with Gasteiger partial charge in [0, 0.05) is 19.5 Å². The van der Waals surface area contributed by atoms with Crippen molar-refractivity contribution in [2.75, 3.05) is 13.7 Å². The monoisotopic (exact) mass is 317 g/mol. The summed E-state index contributed by atoms with van der Waals surface area (Å²) in [6, 6.07) is 7.82. The Labute approximate surface area is 136 Å². The minimum absolute atomic E-state index is 0.116. The van der Waals surface area contributed by atoms with Gasteiger partial charge in [-0.1, -0.05) is 25.5 Å². The highest BCUT2D eigenvalue weighted by molar-refractivity contribution is 5.76. The highest BCUT2D eigenvalue weighted by atomic mass is 16.5. The van der Waals surface area contributed by atoms with Crippen LogP contribution in [0.1, 0.15) is 31.7 Å². The fourth-order valence-electron chi connectivity index (χ4n) is 2.24. The number of amides is 1.